The SMILES string of the molecule is O=c1c2ccccc2ncn1Cc1ccccc1F. The Balaban J connectivity index is 2.10. The van der Waals surface area contributed by atoms with Crippen molar-refractivity contribution < 1.29 is 4.39 Å². The summed E-state index contributed by atoms with van der Waals surface area (Å²) < 4.78 is 15.0. The molecule has 0 fully saturated rings. The van der Waals surface area contributed by atoms with Crippen LogP contribution in [0.4, 0.5) is 4.39 Å². The van der Waals surface area contributed by atoms with Crippen LogP contribution in [0.2, 0.25) is 0 Å². The molecule has 0 aliphatic carbocycles. The molecule has 0 saturated carbocycles. The highest BCUT2D eigenvalue weighted by molar-refractivity contribution is 5.76. The summed E-state index contributed by atoms with van der Waals surface area (Å²) in [5, 5.41) is 0.543. The molecule has 0 amide bonds. The molecule has 3 rings (SSSR count). The van der Waals surface area contributed by atoms with Crippen molar-refractivity contribution in [3.05, 3.63) is 76.6 Å². The molecule has 0 aliphatic rings. The number of hydrogen-bond donors (Lipinski definition) is 0. The van der Waals surface area contributed by atoms with Crippen LogP contribution < -0.4 is 5.56 Å². The van der Waals surface area contributed by atoms with E-state index in [1.165, 1.54) is 17.0 Å². The topological polar surface area (TPSA) is 34.9 Å². The third-order valence-corrected chi connectivity index (χ3v) is 3.03. The minimum Gasteiger partial charge on any atom is -0.294 e. The summed E-state index contributed by atoms with van der Waals surface area (Å²) in [6, 6.07) is 13.5. The van der Waals surface area contributed by atoms with E-state index in [4.69, 9.17) is 0 Å². The van der Waals surface area contributed by atoms with Gasteiger partial charge in [0.2, 0.25) is 0 Å². The largest absolute Gasteiger partial charge is 0.294 e. The molecule has 1 heterocycles. The van der Waals surface area contributed by atoms with Gasteiger partial charge in [-0.25, -0.2) is 9.37 Å². The standard InChI is InChI=1S/C15H11FN2O/c16-13-7-3-1-5-11(13)9-18-10-17-14-8-4-2-6-12(14)15(18)19/h1-8,10H,9H2. The lowest BCUT2D eigenvalue weighted by Gasteiger charge is -2.07. The summed E-state index contributed by atoms with van der Waals surface area (Å²) in [6.45, 7) is 0.184. The van der Waals surface area contributed by atoms with Crippen molar-refractivity contribution in [3.63, 3.8) is 0 Å². The van der Waals surface area contributed by atoms with Crippen LogP contribution in [-0.4, -0.2) is 9.55 Å². The predicted octanol–water partition coefficient (Wildman–Crippen LogP) is 2.58. The highest BCUT2D eigenvalue weighted by atomic mass is 19.1. The highest BCUT2D eigenvalue weighted by Gasteiger charge is 2.06. The Labute approximate surface area is 109 Å². The van der Waals surface area contributed by atoms with Crippen LogP contribution in [0.15, 0.2) is 59.7 Å². The first-order chi connectivity index (χ1) is 9.25. The van der Waals surface area contributed by atoms with E-state index < -0.39 is 0 Å². The lowest BCUT2D eigenvalue weighted by Crippen LogP contribution is -2.21. The minimum absolute atomic E-state index is 0.158. The van der Waals surface area contributed by atoms with Gasteiger partial charge in [-0.15, -0.1) is 0 Å². The van der Waals surface area contributed by atoms with Crippen LogP contribution >= 0.6 is 0 Å². The van der Waals surface area contributed by atoms with E-state index in [-0.39, 0.29) is 17.9 Å². The molecule has 94 valence electrons. The third kappa shape index (κ3) is 2.12. The van der Waals surface area contributed by atoms with Gasteiger partial charge in [-0.05, 0) is 18.2 Å². The molecular formula is C15H11FN2O. The summed E-state index contributed by atoms with van der Waals surface area (Å²) >= 11 is 0. The Bertz CT molecular complexity index is 795. The lowest BCUT2D eigenvalue weighted by molar-refractivity contribution is 0.595. The van der Waals surface area contributed by atoms with Gasteiger partial charge in [-0.1, -0.05) is 30.3 Å². The van der Waals surface area contributed by atoms with Gasteiger partial charge in [-0.2, -0.15) is 0 Å². The molecule has 2 aromatic carbocycles. The zero-order valence-electron chi connectivity index (χ0n) is 10.1. The fourth-order valence-corrected chi connectivity index (χ4v) is 2.03. The summed E-state index contributed by atoms with van der Waals surface area (Å²) in [6.07, 6.45) is 1.46. The molecular weight excluding hydrogens is 243 g/mol. The van der Waals surface area contributed by atoms with E-state index in [0.717, 1.165) is 0 Å². The Kier molecular flexibility index (Phi) is 2.83. The molecule has 3 nitrogen and oxygen atoms in total. The average Bonchev–Trinajstić information content (AvgIpc) is 2.44. The molecule has 0 bridgehead atoms. The normalized spacial score (nSPS) is 10.8. The quantitative estimate of drug-likeness (QED) is 0.704. The smallest absolute Gasteiger partial charge is 0.261 e. The second-order valence-electron chi connectivity index (χ2n) is 4.29. The lowest BCUT2D eigenvalue weighted by atomic mass is 10.2. The maximum Gasteiger partial charge on any atom is 0.261 e. The summed E-state index contributed by atoms with van der Waals surface area (Å²) in [5.41, 5.74) is 0.966. The average molecular weight is 254 g/mol. The van der Waals surface area contributed by atoms with Gasteiger partial charge in [-0.3, -0.25) is 9.36 Å². The van der Waals surface area contributed by atoms with E-state index in [9.17, 15) is 9.18 Å². The van der Waals surface area contributed by atoms with Crippen LogP contribution in [0, 0.1) is 5.82 Å². The van der Waals surface area contributed by atoms with Gasteiger partial charge in [0.25, 0.3) is 5.56 Å². The van der Waals surface area contributed by atoms with Crippen LogP contribution in [0.25, 0.3) is 10.9 Å². The summed E-state index contributed by atoms with van der Waals surface area (Å²) in [7, 11) is 0. The Morgan fingerprint density at radius 1 is 1.05 bits per heavy atom. The number of para-hydroxylation sites is 1. The van der Waals surface area contributed by atoms with Crippen molar-refractivity contribution in [2.75, 3.05) is 0 Å². The molecule has 19 heavy (non-hydrogen) atoms. The summed E-state index contributed by atoms with van der Waals surface area (Å²) in [5.74, 6) is -0.317. The maximum absolute atomic E-state index is 13.6. The van der Waals surface area contributed by atoms with Crippen molar-refractivity contribution in [1.82, 2.24) is 9.55 Å². The second kappa shape index (κ2) is 4.65. The monoisotopic (exact) mass is 254 g/mol. The fourth-order valence-electron chi connectivity index (χ4n) is 2.03. The van der Waals surface area contributed by atoms with E-state index in [0.29, 0.717) is 16.5 Å². The molecule has 0 spiro atoms. The molecule has 3 aromatic rings. The first kappa shape index (κ1) is 11.6. The van der Waals surface area contributed by atoms with E-state index in [2.05, 4.69) is 4.98 Å². The number of aromatic nitrogens is 2. The third-order valence-electron chi connectivity index (χ3n) is 3.03. The van der Waals surface area contributed by atoms with Crippen molar-refractivity contribution in [3.8, 4) is 0 Å². The minimum atomic E-state index is -0.317. The zero-order chi connectivity index (χ0) is 13.2. The molecule has 0 radical (unpaired) electrons. The highest BCUT2D eigenvalue weighted by Crippen LogP contribution is 2.09. The number of rotatable bonds is 2. The molecule has 1 aromatic heterocycles. The Morgan fingerprint density at radius 2 is 1.79 bits per heavy atom. The molecule has 4 heteroatoms. The number of nitrogens with zero attached hydrogens (tertiary/aromatic N) is 2. The fraction of sp³-hybridized carbons (Fsp3) is 0.0667. The number of fused-ring (bicyclic) bond motifs is 1. The molecule has 0 N–H and O–H groups in total. The van der Waals surface area contributed by atoms with Crippen LogP contribution in [0.3, 0.4) is 0 Å². The molecule has 0 atom stereocenters. The second-order valence-corrected chi connectivity index (χ2v) is 4.29. The van der Waals surface area contributed by atoms with E-state index in [1.807, 2.05) is 6.07 Å². The van der Waals surface area contributed by atoms with Gasteiger partial charge >= 0.3 is 0 Å². The van der Waals surface area contributed by atoms with Crippen molar-refractivity contribution >= 4 is 10.9 Å². The molecule has 0 unspecified atom stereocenters. The van der Waals surface area contributed by atoms with Gasteiger partial charge in [0.1, 0.15) is 5.82 Å². The summed E-state index contributed by atoms with van der Waals surface area (Å²) in [4.78, 5) is 16.5. The number of hydrogen-bond acceptors (Lipinski definition) is 2. The van der Waals surface area contributed by atoms with Crippen LogP contribution in [-0.2, 0) is 6.54 Å². The molecule has 0 aliphatic heterocycles. The Hall–Kier alpha value is -2.49. The van der Waals surface area contributed by atoms with Gasteiger partial charge in [0, 0.05) is 5.56 Å². The van der Waals surface area contributed by atoms with Crippen LogP contribution in [0.1, 0.15) is 5.56 Å². The first-order valence-corrected chi connectivity index (χ1v) is 5.93. The van der Waals surface area contributed by atoms with Crippen molar-refractivity contribution in [2.24, 2.45) is 0 Å². The maximum atomic E-state index is 13.6. The van der Waals surface area contributed by atoms with Crippen molar-refractivity contribution in [1.29, 1.82) is 0 Å². The van der Waals surface area contributed by atoms with Gasteiger partial charge in [0.15, 0.2) is 0 Å². The van der Waals surface area contributed by atoms with Crippen molar-refractivity contribution in [2.45, 2.75) is 6.54 Å². The zero-order valence-corrected chi connectivity index (χ0v) is 10.1. The van der Waals surface area contributed by atoms with E-state index >= 15 is 0 Å². The number of halogens is 1. The molecule has 0 saturated heterocycles. The predicted molar refractivity (Wildman–Crippen MR) is 71.5 cm³/mol. The van der Waals surface area contributed by atoms with Gasteiger partial charge in [0.05, 0.1) is 23.8 Å². The van der Waals surface area contributed by atoms with E-state index in [1.54, 1.807) is 36.4 Å². The Morgan fingerprint density at radius 3 is 2.63 bits per heavy atom. The number of benzene rings is 2. The van der Waals surface area contributed by atoms with Crippen LogP contribution in [0.5, 0.6) is 0 Å². The first-order valence-electron chi connectivity index (χ1n) is 5.93. The van der Waals surface area contributed by atoms with Gasteiger partial charge < -0.3 is 0 Å².